The summed E-state index contributed by atoms with van der Waals surface area (Å²) in [6, 6.07) is 0. The van der Waals surface area contributed by atoms with Crippen LogP contribution in [0.5, 0.6) is 0 Å². The highest BCUT2D eigenvalue weighted by atomic mass is 14.9. The summed E-state index contributed by atoms with van der Waals surface area (Å²) >= 11 is 0. The molecule has 0 amide bonds. The van der Waals surface area contributed by atoms with Gasteiger partial charge in [-0.05, 0) is 20.8 Å². The molecule has 0 heterocycles. The van der Waals surface area contributed by atoms with Crippen molar-refractivity contribution in [2.75, 3.05) is 0 Å². The molecule has 4 N–H and O–H groups in total. The molecule has 9 heavy (non-hydrogen) atoms. The Morgan fingerprint density at radius 2 is 1.56 bits per heavy atom. The first kappa shape index (κ1) is 8.01. The van der Waals surface area contributed by atoms with Crippen molar-refractivity contribution in [1.29, 1.82) is 0 Å². The van der Waals surface area contributed by atoms with Gasteiger partial charge in [-0.25, -0.2) is 4.99 Å². The molecule has 0 spiro atoms. The molecule has 0 aromatic rings. The molecule has 0 unspecified atom stereocenters. The van der Waals surface area contributed by atoms with Gasteiger partial charge in [-0.15, -0.1) is 0 Å². The summed E-state index contributed by atoms with van der Waals surface area (Å²) in [5.74, 6) is 0.539. The Hall–Kier alpha value is -0.990. The van der Waals surface area contributed by atoms with Gasteiger partial charge in [0.05, 0.1) is 11.5 Å². The second-order valence-corrected chi connectivity index (χ2v) is 2.02. The highest BCUT2D eigenvalue weighted by molar-refractivity contribution is 5.78. The SMILES string of the molecule is CC(N)=N/C(C)=C(/C)N. The normalized spacial score (nSPS) is 15.2. The minimum Gasteiger partial charge on any atom is -0.401 e. The van der Waals surface area contributed by atoms with E-state index >= 15 is 0 Å². The van der Waals surface area contributed by atoms with Crippen LogP contribution in [0.25, 0.3) is 0 Å². The lowest BCUT2D eigenvalue weighted by molar-refractivity contribution is 1.15. The third-order valence-electron chi connectivity index (χ3n) is 0.915. The molecule has 3 heteroatoms. The average Bonchev–Trinajstić information content (AvgIpc) is 1.63. The monoisotopic (exact) mass is 127 g/mol. The van der Waals surface area contributed by atoms with Crippen molar-refractivity contribution in [3.8, 4) is 0 Å². The van der Waals surface area contributed by atoms with Gasteiger partial charge < -0.3 is 11.5 Å². The van der Waals surface area contributed by atoms with Crippen LogP contribution in [0.1, 0.15) is 20.8 Å². The number of nitrogens with zero attached hydrogens (tertiary/aromatic N) is 1. The van der Waals surface area contributed by atoms with E-state index in [9.17, 15) is 0 Å². The zero-order chi connectivity index (χ0) is 7.44. The molecule has 0 aliphatic carbocycles. The van der Waals surface area contributed by atoms with Crippen molar-refractivity contribution < 1.29 is 0 Å². The lowest BCUT2D eigenvalue weighted by atomic mass is 10.4. The first-order chi connectivity index (χ1) is 4.04. The molecule has 0 saturated heterocycles. The Balaban J connectivity index is 4.25. The third-order valence-corrected chi connectivity index (χ3v) is 0.915. The molecule has 0 bridgehead atoms. The van der Waals surface area contributed by atoms with Crippen molar-refractivity contribution in [3.63, 3.8) is 0 Å². The van der Waals surface area contributed by atoms with E-state index in [4.69, 9.17) is 11.5 Å². The van der Waals surface area contributed by atoms with Crippen LogP contribution >= 0.6 is 0 Å². The van der Waals surface area contributed by atoms with Crippen molar-refractivity contribution in [1.82, 2.24) is 0 Å². The van der Waals surface area contributed by atoms with Gasteiger partial charge in [0, 0.05) is 5.70 Å². The van der Waals surface area contributed by atoms with Gasteiger partial charge in [0.25, 0.3) is 0 Å². The van der Waals surface area contributed by atoms with Crippen molar-refractivity contribution in [2.24, 2.45) is 16.5 Å². The van der Waals surface area contributed by atoms with Crippen LogP contribution in [0.4, 0.5) is 0 Å². The zero-order valence-electron chi connectivity index (χ0n) is 6.10. The molecule has 0 saturated carbocycles. The molecular weight excluding hydrogens is 114 g/mol. The van der Waals surface area contributed by atoms with Crippen LogP contribution in [0, 0.1) is 0 Å². The first-order valence-corrected chi connectivity index (χ1v) is 2.77. The van der Waals surface area contributed by atoms with E-state index in [1.54, 1.807) is 13.8 Å². The molecule has 3 nitrogen and oxygen atoms in total. The average molecular weight is 127 g/mol. The first-order valence-electron chi connectivity index (χ1n) is 2.77. The molecule has 52 valence electrons. The summed E-state index contributed by atoms with van der Waals surface area (Å²) in [5, 5.41) is 0. The van der Waals surface area contributed by atoms with E-state index in [-0.39, 0.29) is 0 Å². The summed E-state index contributed by atoms with van der Waals surface area (Å²) in [6.45, 7) is 5.35. The lowest BCUT2D eigenvalue weighted by Gasteiger charge is -1.95. The number of aliphatic imine (C=N–C) groups is 1. The Kier molecular flexibility index (Phi) is 2.78. The van der Waals surface area contributed by atoms with Gasteiger partial charge in [-0.2, -0.15) is 0 Å². The van der Waals surface area contributed by atoms with Gasteiger partial charge in [-0.1, -0.05) is 0 Å². The summed E-state index contributed by atoms with van der Waals surface area (Å²) in [7, 11) is 0. The molecule has 0 aromatic carbocycles. The third kappa shape index (κ3) is 3.58. The van der Waals surface area contributed by atoms with E-state index in [0.29, 0.717) is 11.5 Å². The minimum absolute atomic E-state index is 0.539. The van der Waals surface area contributed by atoms with Gasteiger partial charge in [0.1, 0.15) is 0 Å². The second kappa shape index (κ2) is 3.12. The quantitative estimate of drug-likeness (QED) is 0.399. The molecule has 0 atom stereocenters. The van der Waals surface area contributed by atoms with Gasteiger partial charge >= 0.3 is 0 Å². The molecule has 0 aliphatic rings. The summed E-state index contributed by atoms with van der Waals surface area (Å²) < 4.78 is 0. The van der Waals surface area contributed by atoms with Crippen LogP contribution in [0.2, 0.25) is 0 Å². The largest absolute Gasteiger partial charge is 0.401 e. The Labute approximate surface area is 55.4 Å². The molecule has 0 fully saturated rings. The van der Waals surface area contributed by atoms with E-state index < -0.39 is 0 Å². The van der Waals surface area contributed by atoms with E-state index in [2.05, 4.69) is 4.99 Å². The lowest BCUT2D eigenvalue weighted by Crippen LogP contribution is -2.06. The van der Waals surface area contributed by atoms with Crippen molar-refractivity contribution in [2.45, 2.75) is 20.8 Å². The Morgan fingerprint density at radius 3 is 1.67 bits per heavy atom. The van der Waals surface area contributed by atoms with Crippen molar-refractivity contribution >= 4 is 5.84 Å². The maximum absolute atomic E-state index is 5.40. The predicted octanol–water partition coefficient (Wildman–Crippen LogP) is 0.574. The molecule has 0 radical (unpaired) electrons. The van der Waals surface area contributed by atoms with Crippen LogP contribution < -0.4 is 11.5 Å². The Bertz CT molecular complexity index is 148. The highest BCUT2D eigenvalue weighted by Crippen LogP contribution is 1.96. The van der Waals surface area contributed by atoms with Crippen LogP contribution in [-0.2, 0) is 0 Å². The van der Waals surface area contributed by atoms with Crippen LogP contribution in [-0.4, -0.2) is 5.84 Å². The molecule has 0 aromatic heterocycles. The van der Waals surface area contributed by atoms with Crippen molar-refractivity contribution in [3.05, 3.63) is 11.4 Å². The van der Waals surface area contributed by atoms with Gasteiger partial charge in [-0.3, -0.25) is 0 Å². The maximum atomic E-state index is 5.40. The topological polar surface area (TPSA) is 64.4 Å². The highest BCUT2D eigenvalue weighted by Gasteiger charge is 1.86. The number of amidine groups is 1. The smallest absolute Gasteiger partial charge is 0.0961 e. The maximum Gasteiger partial charge on any atom is 0.0961 e. The number of hydrogen-bond donors (Lipinski definition) is 2. The standard InChI is InChI=1S/C6H13N3/c1-4(7)5(2)9-6(3)8/h7H2,1-3H3,(H2,8,9)/b5-4-. The van der Waals surface area contributed by atoms with E-state index in [1.807, 2.05) is 6.92 Å². The fourth-order valence-corrected chi connectivity index (χ4v) is 0.353. The van der Waals surface area contributed by atoms with Crippen LogP contribution in [0.15, 0.2) is 16.4 Å². The van der Waals surface area contributed by atoms with Gasteiger partial charge in [0.2, 0.25) is 0 Å². The number of hydrogen-bond acceptors (Lipinski definition) is 2. The van der Waals surface area contributed by atoms with E-state index in [0.717, 1.165) is 5.70 Å². The predicted molar refractivity (Wildman–Crippen MR) is 39.9 cm³/mol. The number of allylic oxidation sites excluding steroid dienone is 2. The number of rotatable bonds is 1. The van der Waals surface area contributed by atoms with E-state index in [1.165, 1.54) is 0 Å². The molecule has 0 aliphatic heterocycles. The van der Waals surface area contributed by atoms with Crippen LogP contribution in [0.3, 0.4) is 0 Å². The molecule has 0 rings (SSSR count). The Morgan fingerprint density at radius 1 is 1.11 bits per heavy atom. The van der Waals surface area contributed by atoms with Gasteiger partial charge in [0.15, 0.2) is 0 Å². The summed E-state index contributed by atoms with van der Waals surface area (Å²) in [6.07, 6.45) is 0. The fraction of sp³-hybridized carbons (Fsp3) is 0.500. The zero-order valence-corrected chi connectivity index (χ0v) is 6.10. The summed E-state index contributed by atoms with van der Waals surface area (Å²) in [4.78, 5) is 3.93. The fourth-order valence-electron chi connectivity index (χ4n) is 0.353. The number of nitrogens with two attached hydrogens (primary N) is 2. The molecular formula is C6H13N3. The second-order valence-electron chi connectivity index (χ2n) is 2.02. The minimum atomic E-state index is 0.539. The summed E-state index contributed by atoms with van der Waals surface area (Å²) in [5.41, 5.74) is 12.2.